The van der Waals surface area contributed by atoms with Gasteiger partial charge in [0.05, 0.1) is 0 Å². The molecule has 4 heteroatoms. The Morgan fingerprint density at radius 1 is 1.14 bits per heavy atom. The number of para-hydroxylation sites is 1. The lowest BCUT2D eigenvalue weighted by atomic mass is 9.92. The third-order valence-electron chi connectivity index (χ3n) is 4.01. The Labute approximate surface area is 125 Å². The molecule has 0 aliphatic carbocycles. The number of hydrogen-bond acceptors (Lipinski definition) is 2. The molecule has 2 unspecified atom stereocenters. The van der Waals surface area contributed by atoms with E-state index in [9.17, 15) is 4.79 Å². The van der Waals surface area contributed by atoms with Gasteiger partial charge in [0.25, 0.3) is 5.91 Å². The Hall–Kier alpha value is -2.10. The number of imidazole rings is 1. The van der Waals surface area contributed by atoms with Crippen LogP contribution in [-0.2, 0) is 0 Å². The topological polar surface area (TPSA) is 38.1 Å². The van der Waals surface area contributed by atoms with Gasteiger partial charge in [-0.1, -0.05) is 32.0 Å². The van der Waals surface area contributed by atoms with E-state index in [-0.39, 0.29) is 5.91 Å². The van der Waals surface area contributed by atoms with E-state index in [0.717, 1.165) is 18.8 Å². The maximum absolute atomic E-state index is 12.6. The van der Waals surface area contributed by atoms with Gasteiger partial charge in [0, 0.05) is 25.0 Å². The smallest absolute Gasteiger partial charge is 0.274 e. The number of hydrogen-bond donors (Lipinski definition) is 0. The minimum Gasteiger partial charge on any atom is -0.337 e. The first-order chi connectivity index (χ1) is 10.1. The van der Waals surface area contributed by atoms with Gasteiger partial charge in [0.15, 0.2) is 0 Å². The van der Waals surface area contributed by atoms with Gasteiger partial charge in [-0.3, -0.25) is 4.79 Å². The van der Waals surface area contributed by atoms with Gasteiger partial charge in [-0.05, 0) is 30.4 Å². The quantitative estimate of drug-likeness (QED) is 0.850. The first kappa shape index (κ1) is 13.9. The molecule has 1 saturated heterocycles. The summed E-state index contributed by atoms with van der Waals surface area (Å²) < 4.78 is 1.89. The largest absolute Gasteiger partial charge is 0.337 e. The maximum atomic E-state index is 12.6. The number of piperidine rings is 1. The van der Waals surface area contributed by atoms with Crippen LogP contribution in [0.15, 0.2) is 42.9 Å². The number of aromatic nitrogens is 2. The summed E-state index contributed by atoms with van der Waals surface area (Å²) in [5, 5.41) is 0. The molecule has 1 amide bonds. The normalized spacial score (nSPS) is 22.3. The Morgan fingerprint density at radius 2 is 1.81 bits per heavy atom. The summed E-state index contributed by atoms with van der Waals surface area (Å²) in [6.45, 7) is 6.08. The molecule has 110 valence electrons. The fourth-order valence-electron chi connectivity index (χ4n) is 3.17. The monoisotopic (exact) mass is 283 g/mol. The van der Waals surface area contributed by atoms with Crippen LogP contribution in [0.3, 0.4) is 0 Å². The molecular weight excluding hydrogens is 262 g/mol. The van der Waals surface area contributed by atoms with Gasteiger partial charge in [0.2, 0.25) is 0 Å². The first-order valence-electron chi connectivity index (χ1n) is 7.52. The first-order valence-corrected chi connectivity index (χ1v) is 7.52. The van der Waals surface area contributed by atoms with Crippen LogP contribution in [0.2, 0.25) is 0 Å². The summed E-state index contributed by atoms with van der Waals surface area (Å²) in [6, 6.07) is 9.93. The molecule has 2 atom stereocenters. The zero-order valence-corrected chi connectivity index (χ0v) is 12.6. The Bertz CT molecular complexity index is 610. The molecule has 2 aromatic rings. The van der Waals surface area contributed by atoms with Crippen LogP contribution in [0, 0.1) is 11.8 Å². The van der Waals surface area contributed by atoms with Crippen molar-refractivity contribution >= 4 is 5.91 Å². The molecule has 21 heavy (non-hydrogen) atoms. The van der Waals surface area contributed by atoms with E-state index in [2.05, 4.69) is 18.8 Å². The highest BCUT2D eigenvalue weighted by molar-refractivity contribution is 5.92. The minimum atomic E-state index is 0.0445. The number of benzene rings is 1. The predicted octanol–water partition coefficient (Wildman–Crippen LogP) is 2.99. The number of rotatable bonds is 2. The Morgan fingerprint density at radius 3 is 2.48 bits per heavy atom. The summed E-state index contributed by atoms with van der Waals surface area (Å²) >= 11 is 0. The lowest BCUT2D eigenvalue weighted by Crippen LogP contribution is -2.42. The number of carbonyl (C=O) groups excluding carboxylic acids is 1. The third-order valence-corrected chi connectivity index (χ3v) is 4.01. The van der Waals surface area contributed by atoms with Gasteiger partial charge in [-0.2, -0.15) is 0 Å². The Kier molecular flexibility index (Phi) is 3.78. The summed E-state index contributed by atoms with van der Waals surface area (Å²) in [6.07, 6.45) is 4.73. The van der Waals surface area contributed by atoms with Crippen LogP contribution >= 0.6 is 0 Å². The van der Waals surface area contributed by atoms with Crippen LogP contribution in [0.4, 0.5) is 0 Å². The number of amides is 1. The van der Waals surface area contributed by atoms with Crippen molar-refractivity contribution in [2.75, 3.05) is 13.1 Å². The van der Waals surface area contributed by atoms with Crippen molar-refractivity contribution in [2.24, 2.45) is 11.8 Å². The molecule has 0 radical (unpaired) electrons. The fourth-order valence-corrected chi connectivity index (χ4v) is 3.17. The van der Waals surface area contributed by atoms with Gasteiger partial charge in [-0.25, -0.2) is 4.98 Å². The van der Waals surface area contributed by atoms with Crippen molar-refractivity contribution in [3.8, 4) is 5.69 Å². The molecule has 1 aromatic heterocycles. The molecule has 3 rings (SSSR count). The van der Waals surface area contributed by atoms with Crippen molar-refractivity contribution in [1.29, 1.82) is 0 Å². The van der Waals surface area contributed by atoms with Gasteiger partial charge in [0.1, 0.15) is 12.0 Å². The molecule has 1 aliphatic heterocycles. The van der Waals surface area contributed by atoms with Crippen molar-refractivity contribution in [2.45, 2.75) is 20.3 Å². The molecule has 0 bridgehead atoms. The molecule has 0 spiro atoms. The Balaban J connectivity index is 1.78. The van der Waals surface area contributed by atoms with Crippen molar-refractivity contribution in [3.63, 3.8) is 0 Å². The van der Waals surface area contributed by atoms with Crippen molar-refractivity contribution < 1.29 is 4.79 Å². The summed E-state index contributed by atoms with van der Waals surface area (Å²) in [5.74, 6) is 1.17. The zero-order valence-electron chi connectivity index (χ0n) is 12.6. The summed E-state index contributed by atoms with van der Waals surface area (Å²) in [4.78, 5) is 18.8. The van der Waals surface area contributed by atoms with E-state index >= 15 is 0 Å². The predicted molar refractivity (Wildman–Crippen MR) is 82.4 cm³/mol. The molecule has 1 aliphatic rings. The standard InChI is InChI=1S/C17H21N3O/c1-13-8-14(2)10-19(9-13)17(21)16-11-20(12-18-16)15-6-4-3-5-7-15/h3-7,11-14H,8-10H2,1-2H3. The molecule has 0 N–H and O–H groups in total. The zero-order chi connectivity index (χ0) is 14.8. The van der Waals surface area contributed by atoms with Crippen LogP contribution in [0.5, 0.6) is 0 Å². The van der Waals surface area contributed by atoms with Crippen molar-refractivity contribution in [1.82, 2.24) is 14.5 Å². The third kappa shape index (κ3) is 2.99. The summed E-state index contributed by atoms with van der Waals surface area (Å²) in [7, 11) is 0. The summed E-state index contributed by atoms with van der Waals surface area (Å²) in [5.41, 5.74) is 1.55. The molecule has 1 aromatic carbocycles. The fraction of sp³-hybridized carbons (Fsp3) is 0.412. The van der Waals surface area contributed by atoms with Gasteiger partial charge >= 0.3 is 0 Å². The van der Waals surface area contributed by atoms with Crippen LogP contribution in [-0.4, -0.2) is 33.4 Å². The van der Waals surface area contributed by atoms with Crippen LogP contribution in [0.1, 0.15) is 30.8 Å². The second-order valence-corrected chi connectivity index (χ2v) is 6.16. The van der Waals surface area contributed by atoms with E-state index < -0.39 is 0 Å². The second kappa shape index (κ2) is 5.72. The SMILES string of the molecule is CC1CC(C)CN(C(=O)c2cn(-c3ccccc3)cn2)C1. The van der Waals surface area contributed by atoms with Gasteiger partial charge < -0.3 is 9.47 Å². The highest BCUT2D eigenvalue weighted by Crippen LogP contribution is 2.22. The number of carbonyl (C=O) groups is 1. The van der Waals surface area contributed by atoms with Crippen LogP contribution in [0.25, 0.3) is 5.69 Å². The molecular formula is C17H21N3O. The highest BCUT2D eigenvalue weighted by atomic mass is 16.2. The van der Waals surface area contributed by atoms with E-state index in [4.69, 9.17) is 0 Å². The average molecular weight is 283 g/mol. The van der Waals surface area contributed by atoms with Crippen molar-refractivity contribution in [3.05, 3.63) is 48.5 Å². The lowest BCUT2D eigenvalue weighted by molar-refractivity contribution is 0.0617. The number of nitrogens with zero attached hydrogens (tertiary/aromatic N) is 3. The lowest BCUT2D eigenvalue weighted by Gasteiger charge is -2.34. The maximum Gasteiger partial charge on any atom is 0.274 e. The average Bonchev–Trinajstić information content (AvgIpc) is 2.96. The molecule has 4 nitrogen and oxygen atoms in total. The highest BCUT2D eigenvalue weighted by Gasteiger charge is 2.27. The van der Waals surface area contributed by atoms with E-state index in [0.29, 0.717) is 17.5 Å². The van der Waals surface area contributed by atoms with E-state index in [1.807, 2.05) is 46.0 Å². The molecule has 0 saturated carbocycles. The second-order valence-electron chi connectivity index (χ2n) is 6.16. The molecule has 1 fully saturated rings. The van der Waals surface area contributed by atoms with E-state index in [1.54, 1.807) is 6.33 Å². The number of likely N-dealkylation sites (tertiary alicyclic amines) is 1. The molecule has 2 heterocycles. The minimum absolute atomic E-state index is 0.0445. The van der Waals surface area contributed by atoms with Crippen LogP contribution < -0.4 is 0 Å². The van der Waals surface area contributed by atoms with Gasteiger partial charge in [-0.15, -0.1) is 0 Å². The van der Waals surface area contributed by atoms with E-state index in [1.165, 1.54) is 6.42 Å².